The van der Waals surface area contributed by atoms with Gasteiger partial charge in [0.2, 0.25) is 5.91 Å². The third-order valence-corrected chi connectivity index (χ3v) is 2.06. The van der Waals surface area contributed by atoms with E-state index in [0.717, 1.165) is 18.5 Å². The van der Waals surface area contributed by atoms with E-state index in [1.165, 1.54) is 18.1 Å². The lowest BCUT2D eigenvalue weighted by atomic mass is 9.98. The molecule has 66 valence electrons. The highest BCUT2D eigenvalue weighted by Crippen LogP contribution is 2.21. The molecule has 0 bridgehead atoms. The van der Waals surface area contributed by atoms with Crippen molar-refractivity contribution < 1.29 is 4.79 Å². The molecule has 1 aliphatic rings. The molecule has 0 spiro atoms. The van der Waals surface area contributed by atoms with Crippen LogP contribution < -0.4 is 5.32 Å². The van der Waals surface area contributed by atoms with Gasteiger partial charge in [-0.3, -0.25) is 4.79 Å². The van der Waals surface area contributed by atoms with Crippen LogP contribution in [0.25, 0.3) is 0 Å². The molecule has 0 aromatic heterocycles. The van der Waals surface area contributed by atoms with Crippen LogP contribution in [0, 0.1) is 0 Å². The second-order valence-electron chi connectivity index (χ2n) is 3.37. The van der Waals surface area contributed by atoms with Crippen LogP contribution in [0.15, 0.2) is 22.9 Å². The lowest BCUT2D eigenvalue weighted by molar-refractivity contribution is -0.118. The van der Waals surface area contributed by atoms with Gasteiger partial charge in [-0.15, -0.1) is 0 Å². The number of carbonyl (C=O) groups excluding carboxylic acids is 1. The zero-order chi connectivity index (χ0) is 9.14. The molecule has 2 heteroatoms. The zero-order valence-corrected chi connectivity index (χ0v) is 7.90. The Morgan fingerprint density at radius 2 is 2.08 bits per heavy atom. The minimum atomic E-state index is 0.00954. The normalized spacial score (nSPS) is 17.4. The summed E-state index contributed by atoms with van der Waals surface area (Å²) >= 11 is 0. The van der Waals surface area contributed by atoms with Gasteiger partial charge in [0.1, 0.15) is 0 Å². The summed E-state index contributed by atoms with van der Waals surface area (Å²) in [5.74, 6) is 0.00954. The zero-order valence-electron chi connectivity index (χ0n) is 7.90. The predicted molar refractivity (Wildman–Crippen MR) is 49.5 cm³/mol. The number of nitrogens with one attached hydrogen (secondary N) is 1. The quantitative estimate of drug-likeness (QED) is 0.633. The van der Waals surface area contributed by atoms with Gasteiger partial charge in [-0.2, -0.15) is 0 Å². The molecule has 1 N–H and O–H groups in total. The first-order valence-electron chi connectivity index (χ1n) is 4.24. The van der Waals surface area contributed by atoms with E-state index in [9.17, 15) is 4.79 Å². The third-order valence-electron chi connectivity index (χ3n) is 2.06. The number of allylic oxidation sites excluding steroid dienone is 3. The van der Waals surface area contributed by atoms with Gasteiger partial charge in [0, 0.05) is 12.6 Å². The highest BCUT2D eigenvalue weighted by Gasteiger charge is 2.07. The fourth-order valence-electron chi connectivity index (χ4n) is 1.29. The van der Waals surface area contributed by atoms with Crippen LogP contribution in [-0.4, -0.2) is 5.91 Å². The van der Waals surface area contributed by atoms with Gasteiger partial charge in [0.25, 0.3) is 0 Å². The Labute approximate surface area is 73.4 Å². The van der Waals surface area contributed by atoms with Crippen LogP contribution in [0.5, 0.6) is 0 Å². The molecule has 12 heavy (non-hydrogen) atoms. The number of rotatable bonds is 1. The van der Waals surface area contributed by atoms with Gasteiger partial charge in [-0.1, -0.05) is 5.57 Å². The maximum atomic E-state index is 10.8. The minimum absolute atomic E-state index is 0.00954. The smallest absolute Gasteiger partial charge is 0.221 e. The second-order valence-corrected chi connectivity index (χ2v) is 3.37. The van der Waals surface area contributed by atoms with Crippen molar-refractivity contribution in [1.82, 2.24) is 5.32 Å². The average Bonchev–Trinajstić information content (AvgIpc) is 1.96. The van der Waals surface area contributed by atoms with Crippen molar-refractivity contribution in [3.05, 3.63) is 22.9 Å². The summed E-state index contributed by atoms with van der Waals surface area (Å²) in [6.07, 6.45) is 4.24. The van der Waals surface area contributed by atoms with Crippen LogP contribution in [0.3, 0.4) is 0 Å². The molecule has 1 rings (SSSR count). The lowest BCUT2D eigenvalue weighted by Crippen LogP contribution is -2.20. The van der Waals surface area contributed by atoms with E-state index in [0.29, 0.717) is 0 Å². The third kappa shape index (κ3) is 2.22. The van der Waals surface area contributed by atoms with Crippen LogP contribution >= 0.6 is 0 Å². The molecule has 0 unspecified atom stereocenters. The Balaban J connectivity index is 2.78. The van der Waals surface area contributed by atoms with Gasteiger partial charge < -0.3 is 5.32 Å². The standard InChI is InChI=1S/C10H15NO/c1-7-4-5-8(2)10(6-7)11-9(3)12/h6H,4-5H2,1-3H3,(H,11,12). The van der Waals surface area contributed by atoms with Crippen LogP contribution in [0.1, 0.15) is 33.6 Å². The highest BCUT2D eigenvalue weighted by atomic mass is 16.1. The van der Waals surface area contributed by atoms with Crippen molar-refractivity contribution in [2.45, 2.75) is 33.6 Å². The molecule has 0 saturated heterocycles. The molecule has 0 aliphatic heterocycles. The number of hydrogen-bond donors (Lipinski definition) is 1. The first-order valence-corrected chi connectivity index (χ1v) is 4.24. The van der Waals surface area contributed by atoms with Crippen LogP contribution in [-0.2, 0) is 4.79 Å². The molecule has 0 saturated carbocycles. The first-order chi connectivity index (χ1) is 5.59. The number of amides is 1. The minimum Gasteiger partial charge on any atom is -0.326 e. The molecule has 0 fully saturated rings. The SMILES string of the molecule is CC(=O)NC1=C(C)CCC(C)=C1. The molecule has 0 atom stereocenters. The highest BCUT2D eigenvalue weighted by molar-refractivity contribution is 5.75. The Hall–Kier alpha value is -1.05. The van der Waals surface area contributed by atoms with Crippen molar-refractivity contribution in [2.75, 3.05) is 0 Å². The summed E-state index contributed by atoms with van der Waals surface area (Å²) in [6, 6.07) is 0. The molecule has 0 radical (unpaired) electrons. The summed E-state index contributed by atoms with van der Waals surface area (Å²) in [5, 5.41) is 2.83. The molecule has 0 aromatic carbocycles. The maximum Gasteiger partial charge on any atom is 0.221 e. The average molecular weight is 165 g/mol. The van der Waals surface area contributed by atoms with Gasteiger partial charge in [-0.25, -0.2) is 0 Å². The van der Waals surface area contributed by atoms with Crippen molar-refractivity contribution in [1.29, 1.82) is 0 Å². The van der Waals surface area contributed by atoms with E-state index in [1.54, 1.807) is 0 Å². The first kappa shape index (κ1) is 9.04. The largest absolute Gasteiger partial charge is 0.326 e. The lowest BCUT2D eigenvalue weighted by Gasteiger charge is -2.15. The Morgan fingerprint density at radius 1 is 1.42 bits per heavy atom. The Morgan fingerprint density at radius 3 is 2.67 bits per heavy atom. The molecule has 0 heterocycles. The second kappa shape index (κ2) is 3.57. The van der Waals surface area contributed by atoms with E-state index >= 15 is 0 Å². The molecule has 2 nitrogen and oxygen atoms in total. The summed E-state index contributed by atoms with van der Waals surface area (Å²) in [6.45, 7) is 5.69. The van der Waals surface area contributed by atoms with Gasteiger partial charge in [0.05, 0.1) is 0 Å². The van der Waals surface area contributed by atoms with Gasteiger partial charge >= 0.3 is 0 Å². The molecule has 0 aromatic rings. The fourth-order valence-corrected chi connectivity index (χ4v) is 1.29. The van der Waals surface area contributed by atoms with E-state index in [2.05, 4.69) is 25.2 Å². The topological polar surface area (TPSA) is 29.1 Å². The molecular weight excluding hydrogens is 150 g/mol. The van der Waals surface area contributed by atoms with Gasteiger partial charge in [0.15, 0.2) is 0 Å². The number of carbonyl (C=O) groups is 1. The summed E-state index contributed by atoms with van der Waals surface area (Å²) in [7, 11) is 0. The van der Waals surface area contributed by atoms with Crippen molar-refractivity contribution >= 4 is 5.91 Å². The summed E-state index contributed by atoms with van der Waals surface area (Å²) < 4.78 is 0. The molecule has 1 amide bonds. The van der Waals surface area contributed by atoms with E-state index in [4.69, 9.17) is 0 Å². The summed E-state index contributed by atoms with van der Waals surface area (Å²) in [5.41, 5.74) is 3.60. The van der Waals surface area contributed by atoms with Crippen molar-refractivity contribution in [3.63, 3.8) is 0 Å². The molecule has 1 aliphatic carbocycles. The van der Waals surface area contributed by atoms with E-state index in [-0.39, 0.29) is 5.91 Å². The van der Waals surface area contributed by atoms with Crippen LogP contribution in [0.4, 0.5) is 0 Å². The molecular formula is C10H15NO. The van der Waals surface area contributed by atoms with E-state index < -0.39 is 0 Å². The van der Waals surface area contributed by atoms with Crippen LogP contribution in [0.2, 0.25) is 0 Å². The Bertz CT molecular complexity index is 261. The maximum absolute atomic E-state index is 10.8. The van der Waals surface area contributed by atoms with E-state index in [1.807, 2.05) is 0 Å². The van der Waals surface area contributed by atoms with Crippen molar-refractivity contribution in [3.8, 4) is 0 Å². The predicted octanol–water partition coefficient (Wildman–Crippen LogP) is 2.14. The van der Waals surface area contributed by atoms with Gasteiger partial charge in [-0.05, 0) is 38.3 Å². The fraction of sp³-hybridized carbons (Fsp3) is 0.500. The Kier molecular flexibility index (Phi) is 2.69. The van der Waals surface area contributed by atoms with Crippen molar-refractivity contribution in [2.24, 2.45) is 0 Å². The number of hydrogen-bond acceptors (Lipinski definition) is 1. The monoisotopic (exact) mass is 165 g/mol. The summed E-state index contributed by atoms with van der Waals surface area (Å²) in [4.78, 5) is 10.8.